The second-order valence-corrected chi connectivity index (χ2v) is 8.81. The molecule has 1 aliphatic rings. The number of rotatable bonds is 6. The van der Waals surface area contributed by atoms with Gasteiger partial charge in [0.2, 0.25) is 5.91 Å². The Hall–Kier alpha value is -4.42. The van der Waals surface area contributed by atoms with Crippen molar-refractivity contribution >= 4 is 45.5 Å². The number of nitriles is 1. The van der Waals surface area contributed by atoms with Gasteiger partial charge < -0.3 is 9.64 Å². The number of carbonyl (C=O) groups is 1. The van der Waals surface area contributed by atoms with E-state index in [2.05, 4.69) is 16.0 Å². The lowest BCUT2D eigenvalue weighted by molar-refractivity contribution is -0.117. The largest absolute Gasteiger partial charge is 0.490 e. The maximum atomic E-state index is 15.0. The summed E-state index contributed by atoms with van der Waals surface area (Å²) in [5.74, 6) is -0.550. The highest BCUT2D eigenvalue weighted by atomic mass is 32.1. The van der Waals surface area contributed by atoms with E-state index >= 15 is 4.39 Å². The maximum absolute atomic E-state index is 15.0. The molecule has 0 atom stereocenters. The van der Waals surface area contributed by atoms with Crippen molar-refractivity contribution in [2.45, 2.75) is 19.3 Å². The number of benzene rings is 2. The Labute approximate surface area is 218 Å². The molecule has 2 aromatic heterocycles. The number of nitrogens with zero attached hydrogens (tertiary/aromatic N) is 5. The van der Waals surface area contributed by atoms with Crippen LogP contribution in [0.2, 0.25) is 0 Å². The first-order chi connectivity index (χ1) is 18.1. The number of thiocarbonyl (C=S) groups is 1. The van der Waals surface area contributed by atoms with Gasteiger partial charge in [0.25, 0.3) is 0 Å². The van der Waals surface area contributed by atoms with Gasteiger partial charge >= 0.3 is 0 Å². The molecule has 0 saturated carbocycles. The van der Waals surface area contributed by atoms with Crippen molar-refractivity contribution < 1.29 is 13.9 Å². The molecule has 0 radical (unpaired) electrons. The summed E-state index contributed by atoms with van der Waals surface area (Å²) < 4.78 is 20.7. The van der Waals surface area contributed by atoms with Crippen molar-refractivity contribution in [1.29, 1.82) is 5.26 Å². The summed E-state index contributed by atoms with van der Waals surface area (Å²) in [4.78, 5) is 25.0. The van der Waals surface area contributed by atoms with Gasteiger partial charge in [0.1, 0.15) is 6.07 Å². The number of hydrogen-bond donors (Lipinski definition) is 0. The summed E-state index contributed by atoms with van der Waals surface area (Å²) in [5.41, 5.74) is 2.83. The number of amides is 1. The van der Waals surface area contributed by atoms with E-state index in [1.165, 1.54) is 11.0 Å². The molecule has 2 aromatic carbocycles. The fourth-order valence-corrected chi connectivity index (χ4v) is 4.73. The van der Waals surface area contributed by atoms with E-state index in [-0.39, 0.29) is 29.8 Å². The number of ether oxygens (including phenoxy) is 1. The number of aromatic nitrogens is 2. The summed E-state index contributed by atoms with van der Waals surface area (Å²) in [6, 6.07) is 19.3. The molecule has 9 heteroatoms. The molecule has 0 aliphatic carbocycles. The monoisotopic (exact) mass is 511 g/mol. The fraction of sp³-hybridized carbons (Fsp3) is 0.179. The predicted molar refractivity (Wildman–Crippen MR) is 143 cm³/mol. The van der Waals surface area contributed by atoms with Crippen LogP contribution < -0.4 is 14.5 Å². The zero-order valence-electron chi connectivity index (χ0n) is 19.8. The second kappa shape index (κ2) is 10.7. The van der Waals surface area contributed by atoms with Crippen molar-refractivity contribution in [3.8, 4) is 11.8 Å². The molecular formula is C28H22FN5O2S. The quantitative estimate of drug-likeness (QED) is 0.330. The number of carbonyl (C=O) groups excluding carboxylic acids is 1. The van der Waals surface area contributed by atoms with E-state index in [9.17, 15) is 10.1 Å². The highest BCUT2D eigenvalue weighted by Gasteiger charge is 2.30. The molecule has 1 fully saturated rings. The van der Waals surface area contributed by atoms with Crippen LogP contribution in [0.4, 0.5) is 15.8 Å². The average molecular weight is 512 g/mol. The summed E-state index contributed by atoms with van der Waals surface area (Å²) >= 11 is 5.79. The Kier molecular flexibility index (Phi) is 7.01. The second-order valence-electron chi connectivity index (χ2n) is 8.44. The number of anilines is 2. The number of pyridine rings is 2. The summed E-state index contributed by atoms with van der Waals surface area (Å²) in [5, 5.41) is 10.4. The molecule has 3 heterocycles. The first-order valence-electron chi connectivity index (χ1n) is 11.8. The Bertz CT molecular complexity index is 1520. The van der Waals surface area contributed by atoms with Gasteiger partial charge in [-0.25, -0.2) is 4.39 Å². The van der Waals surface area contributed by atoms with Gasteiger partial charge in [-0.1, -0.05) is 6.07 Å². The minimum absolute atomic E-state index is 0.137. The van der Waals surface area contributed by atoms with E-state index in [0.29, 0.717) is 47.2 Å². The van der Waals surface area contributed by atoms with Gasteiger partial charge in [-0.2, -0.15) is 5.26 Å². The smallest absolute Gasteiger partial charge is 0.233 e. The SMILES string of the molecule is N#Cc1ccc(N2C(=O)CCCN(c3ccc(OCCc4ccccn4)c(F)c3)C2=S)c2cccnc12. The van der Waals surface area contributed by atoms with Crippen molar-refractivity contribution in [3.05, 3.63) is 90.1 Å². The Morgan fingerprint density at radius 3 is 2.73 bits per heavy atom. The minimum Gasteiger partial charge on any atom is -0.490 e. The Morgan fingerprint density at radius 1 is 1.08 bits per heavy atom. The lowest BCUT2D eigenvalue weighted by atomic mass is 10.1. The Balaban J connectivity index is 1.41. The number of fused-ring (bicyclic) bond motifs is 1. The van der Waals surface area contributed by atoms with Crippen LogP contribution in [0.25, 0.3) is 10.9 Å². The normalized spacial score (nSPS) is 13.9. The van der Waals surface area contributed by atoms with Crippen molar-refractivity contribution in [1.82, 2.24) is 9.97 Å². The van der Waals surface area contributed by atoms with Gasteiger partial charge in [-0.05, 0) is 67.2 Å². The third kappa shape index (κ3) is 4.97. The van der Waals surface area contributed by atoms with Gasteiger partial charge in [0, 0.05) is 54.6 Å². The van der Waals surface area contributed by atoms with Gasteiger partial charge in [-0.3, -0.25) is 19.7 Å². The highest BCUT2D eigenvalue weighted by molar-refractivity contribution is 7.81. The first-order valence-corrected chi connectivity index (χ1v) is 12.2. The van der Waals surface area contributed by atoms with Crippen LogP contribution in [-0.2, 0) is 11.2 Å². The number of hydrogen-bond acceptors (Lipinski definition) is 6. The fourth-order valence-electron chi connectivity index (χ4n) is 4.33. The van der Waals surface area contributed by atoms with E-state index in [4.69, 9.17) is 17.0 Å². The third-order valence-corrected chi connectivity index (χ3v) is 6.52. The number of halogens is 1. The van der Waals surface area contributed by atoms with Crippen LogP contribution in [0.1, 0.15) is 24.1 Å². The summed E-state index contributed by atoms with van der Waals surface area (Å²) in [7, 11) is 0. The summed E-state index contributed by atoms with van der Waals surface area (Å²) in [6.07, 6.45) is 4.69. The maximum Gasteiger partial charge on any atom is 0.233 e. The van der Waals surface area contributed by atoms with Crippen LogP contribution in [0, 0.1) is 17.1 Å². The summed E-state index contributed by atoms with van der Waals surface area (Å²) in [6.45, 7) is 0.740. The van der Waals surface area contributed by atoms with E-state index in [1.54, 1.807) is 53.7 Å². The molecule has 5 rings (SSSR count). The lowest BCUT2D eigenvalue weighted by Gasteiger charge is -2.30. The van der Waals surface area contributed by atoms with Crippen LogP contribution in [-0.4, -0.2) is 34.1 Å². The highest BCUT2D eigenvalue weighted by Crippen LogP contribution is 2.33. The van der Waals surface area contributed by atoms with Crippen molar-refractivity contribution in [2.75, 3.05) is 23.0 Å². The predicted octanol–water partition coefficient (Wildman–Crippen LogP) is 5.18. The molecule has 0 unspecified atom stereocenters. The van der Waals surface area contributed by atoms with Crippen molar-refractivity contribution in [2.24, 2.45) is 0 Å². The zero-order valence-corrected chi connectivity index (χ0v) is 20.6. The standard InChI is InChI=1S/C28H22FN5O2S/c29-23-17-21(9-11-25(23)36-16-12-20-5-1-2-13-31-20)33-15-4-7-26(35)34(28(33)37)24-10-8-19(18-30)27-22(24)6-3-14-32-27/h1-3,5-6,8-11,13-14,17H,4,7,12,15-16H2. The zero-order chi connectivity index (χ0) is 25.8. The third-order valence-electron chi connectivity index (χ3n) is 6.12. The molecule has 184 valence electrons. The molecule has 37 heavy (non-hydrogen) atoms. The van der Waals surface area contributed by atoms with Crippen molar-refractivity contribution in [3.63, 3.8) is 0 Å². The molecule has 4 aromatic rings. The van der Waals surface area contributed by atoms with Crippen LogP contribution in [0.15, 0.2) is 73.1 Å². The first kappa shape index (κ1) is 24.3. The molecule has 1 saturated heterocycles. The van der Waals surface area contributed by atoms with Crippen LogP contribution in [0.5, 0.6) is 5.75 Å². The topological polar surface area (TPSA) is 82.4 Å². The van der Waals surface area contributed by atoms with E-state index in [1.807, 2.05) is 18.2 Å². The van der Waals surface area contributed by atoms with Gasteiger partial charge in [-0.15, -0.1) is 0 Å². The lowest BCUT2D eigenvalue weighted by Crippen LogP contribution is -2.44. The van der Waals surface area contributed by atoms with E-state index in [0.717, 1.165) is 5.69 Å². The molecular weight excluding hydrogens is 489 g/mol. The van der Waals surface area contributed by atoms with Crippen LogP contribution in [0.3, 0.4) is 0 Å². The van der Waals surface area contributed by atoms with Gasteiger partial charge in [0.15, 0.2) is 16.7 Å². The molecule has 0 spiro atoms. The molecule has 0 bridgehead atoms. The molecule has 0 N–H and O–H groups in total. The molecule has 1 aliphatic heterocycles. The molecule has 1 amide bonds. The Morgan fingerprint density at radius 2 is 1.95 bits per heavy atom. The van der Waals surface area contributed by atoms with Crippen LogP contribution >= 0.6 is 12.2 Å². The van der Waals surface area contributed by atoms with Gasteiger partial charge in [0.05, 0.1) is 23.4 Å². The van der Waals surface area contributed by atoms with E-state index < -0.39 is 5.82 Å². The average Bonchev–Trinajstić information content (AvgIpc) is 3.07. The molecule has 7 nitrogen and oxygen atoms in total. The minimum atomic E-state index is -0.517.